The van der Waals surface area contributed by atoms with Crippen molar-refractivity contribution >= 4 is 22.5 Å². The summed E-state index contributed by atoms with van der Waals surface area (Å²) < 4.78 is 4.88. The second-order valence-corrected chi connectivity index (χ2v) is 3.89. The van der Waals surface area contributed by atoms with Crippen LogP contribution in [0.25, 0.3) is 10.8 Å². The number of ether oxygens (including phenoxy) is 1. The Morgan fingerprint density at radius 3 is 2.44 bits per heavy atom. The van der Waals surface area contributed by atoms with Crippen LogP contribution in [0.3, 0.4) is 0 Å². The highest BCUT2D eigenvalue weighted by Crippen LogP contribution is 2.33. The van der Waals surface area contributed by atoms with Gasteiger partial charge in [-0.15, -0.1) is 5.26 Å². The third kappa shape index (κ3) is 1.84. The van der Waals surface area contributed by atoms with Crippen LogP contribution >= 0.6 is 0 Å². The fourth-order valence-electron chi connectivity index (χ4n) is 2.01. The number of isocyanates is 1. The lowest BCUT2D eigenvalue weighted by Gasteiger charge is -2.09. The molecule has 2 rings (SSSR count). The van der Waals surface area contributed by atoms with Crippen LogP contribution < -0.4 is 4.74 Å². The molecule has 0 unspecified atom stereocenters. The molecular formula is C14H10N2O2. The molecule has 0 spiro atoms. The van der Waals surface area contributed by atoms with Gasteiger partial charge in [0.05, 0.1) is 5.69 Å². The van der Waals surface area contributed by atoms with Crippen molar-refractivity contribution < 1.29 is 9.53 Å². The maximum absolute atomic E-state index is 10.3. The van der Waals surface area contributed by atoms with Gasteiger partial charge in [0.25, 0.3) is 6.26 Å². The maximum atomic E-state index is 10.3. The summed E-state index contributed by atoms with van der Waals surface area (Å²) in [4.78, 5) is 14.0. The number of hydrogen-bond donors (Lipinski definition) is 0. The molecule has 0 amide bonds. The molecule has 0 saturated carbocycles. The van der Waals surface area contributed by atoms with Crippen LogP contribution in [0.5, 0.6) is 5.75 Å². The minimum Gasteiger partial charge on any atom is -0.388 e. The largest absolute Gasteiger partial charge is 0.388 e. The van der Waals surface area contributed by atoms with E-state index in [2.05, 4.69) is 4.99 Å². The summed E-state index contributed by atoms with van der Waals surface area (Å²) in [6.07, 6.45) is 3.21. The molecule has 2 aromatic rings. The molecule has 0 aliphatic carbocycles. The van der Waals surface area contributed by atoms with E-state index in [0.29, 0.717) is 11.4 Å². The Morgan fingerprint density at radius 1 is 1.11 bits per heavy atom. The summed E-state index contributed by atoms with van der Waals surface area (Å²) in [6.45, 7) is 3.78. The van der Waals surface area contributed by atoms with Crippen molar-refractivity contribution in [3.8, 4) is 12.0 Å². The predicted octanol–water partition coefficient (Wildman–Crippen LogP) is 3.28. The fourth-order valence-corrected chi connectivity index (χ4v) is 2.01. The van der Waals surface area contributed by atoms with Gasteiger partial charge in [0.2, 0.25) is 6.08 Å². The molecule has 0 radical (unpaired) electrons. The summed E-state index contributed by atoms with van der Waals surface area (Å²) in [7, 11) is 0. The third-order valence-corrected chi connectivity index (χ3v) is 2.98. The van der Waals surface area contributed by atoms with Crippen molar-refractivity contribution in [3.05, 3.63) is 35.4 Å². The second-order valence-electron chi connectivity index (χ2n) is 3.89. The van der Waals surface area contributed by atoms with E-state index < -0.39 is 0 Å². The Balaban J connectivity index is 2.75. The summed E-state index contributed by atoms with van der Waals surface area (Å²) >= 11 is 0. The Kier molecular flexibility index (Phi) is 3.09. The summed E-state index contributed by atoms with van der Waals surface area (Å²) in [5.74, 6) is 0.538. The van der Waals surface area contributed by atoms with Crippen molar-refractivity contribution in [2.45, 2.75) is 13.8 Å². The lowest BCUT2D eigenvalue weighted by atomic mass is 9.99. The fraction of sp³-hybridized carbons (Fsp3) is 0.143. The van der Waals surface area contributed by atoms with Gasteiger partial charge in [-0.25, -0.2) is 4.79 Å². The number of benzene rings is 2. The highest BCUT2D eigenvalue weighted by atomic mass is 16.5. The molecular weight excluding hydrogens is 228 g/mol. The van der Waals surface area contributed by atoms with E-state index in [-0.39, 0.29) is 0 Å². The van der Waals surface area contributed by atoms with Crippen LogP contribution in [0.15, 0.2) is 29.3 Å². The van der Waals surface area contributed by atoms with E-state index in [9.17, 15) is 4.79 Å². The standard InChI is InChI=1S/C14H10N2O2/c1-9-11-4-6-14(18-7-15)10(2)12(11)3-5-13(9)16-8-17/h3-6H,1-2H3. The number of nitrogens with zero attached hydrogens (tertiary/aromatic N) is 2. The lowest BCUT2D eigenvalue weighted by Crippen LogP contribution is -1.89. The number of aliphatic imine (C=N–C) groups is 1. The van der Waals surface area contributed by atoms with Crippen molar-refractivity contribution in [3.63, 3.8) is 0 Å². The topological polar surface area (TPSA) is 62.4 Å². The molecule has 18 heavy (non-hydrogen) atoms. The molecule has 0 aromatic heterocycles. The molecule has 0 aliphatic heterocycles. The molecule has 0 atom stereocenters. The molecule has 0 heterocycles. The summed E-state index contributed by atoms with van der Waals surface area (Å²) in [6, 6.07) is 7.21. The molecule has 0 N–H and O–H groups in total. The quantitative estimate of drug-likeness (QED) is 0.458. The molecule has 4 heteroatoms. The van der Waals surface area contributed by atoms with Crippen molar-refractivity contribution in [2.24, 2.45) is 4.99 Å². The molecule has 2 aromatic carbocycles. The van der Waals surface area contributed by atoms with E-state index >= 15 is 0 Å². The molecule has 0 aliphatic rings. The van der Waals surface area contributed by atoms with Crippen molar-refractivity contribution in [2.75, 3.05) is 0 Å². The Labute approximate surface area is 104 Å². The number of rotatable bonds is 2. The minimum absolute atomic E-state index is 0.538. The zero-order valence-electron chi connectivity index (χ0n) is 10.0. The predicted molar refractivity (Wildman–Crippen MR) is 67.4 cm³/mol. The van der Waals surface area contributed by atoms with Gasteiger partial charge in [-0.1, -0.05) is 12.1 Å². The van der Waals surface area contributed by atoms with Crippen LogP contribution in [0.1, 0.15) is 11.1 Å². The van der Waals surface area contributed by atoms with Gasteiger partial charge >= 0.3 is 0 Å². The first kappa shape index (κ1) is 11.8. The molecule has 0 fully saturated rings. The molecule has 0 bridgehead atoms. The van der Waals surface area contributed by atoms with Gasteiger partial charge in [-0.2, -0.15) is 4.99 Å². The van der Waals surface area contributed by atoms with Crippen LogP contribution in [-0.4, -0.2) is 6.08 Å². The SMILES string of the molecule is Cc1c(N=C=O)ccc2c(C)c(OC#N)ccc12. The van der Waals surface area contributed by atoms with Gasteiger partial charge in [0.15, 0.2) is 0 Å². The van der Waals surface area contributed by atoms with Crippen molar-refractivity contribution in [1.29, 1.82) is 5.26 Å². The highest BCUT2D eigenvalue weighted by Gasteiger charge is 2.08. The Hall–Kier alpha value is -2.63. The number of fused-ring (bicyclic) bond motifs is 1. The monoisotopic (exact) mass is 238 g/mol. The smallest absolute Gasteiger partial charge is 0.292 e. The number of carbonyl (C=O) groups excluding carboxylic acids is 1. The summed E-state index contributed by atoms with van der Waals surface area (Å²) in [5, 5.41) is 10.5. The zero-order chi connectivity index (χ0) is 13.1. The number of hydrogen-bond acceptors (Lipinski definition) is 4. The molecule has 0 saturated heterocycles. The number of aryl methyl sites for hydroxylation is 2. The van der Waals surface area contributed by atoms with Gasteiger partial charge < -0.3 is 4.74 Å². The van der Waals surface area contributed by atoms with E-state index in [4.69, 9.17) is 10.00 Å². The lowest BCUT2D eigenvalue weighted by molar-refractivity contribution is 0.504. The first-order chi connectivity index (χ1) is 8.69. The van der Waals surface area contributed by atoms with E-state index in [1.54, 1.807) is 24.5 Å². The first-order valence-corrected chi connectivity index (χ1v) is 5.35. The average Bonchev–Trinajstić information content (AvgIpc) is 2.37. The maximum Gasteiger partial charge on any atom is 0.292 e. The van der Waals surface area contributed by atoms with E-state index in [1.807, 2.05) is 26.0 Å². The highest BCUT2D eigenvalue weighted by molar-refractivity contribution is 5.93. The third-order valence-electron chi connectivity index (χ3n) is 2.98. The molecule has 4 nitrogen and oxygen atoms in total. The van der Waals surface area contributed by atoms with E-state index in [0.717, 1.165) is 21.9 Å². The van der Waals surface area contributed by atoms with Crippen LogP contribution in [0.4, 0.5) is 5.69 Å². The average molecular weight is 238 g/mol. The van der Waals surface area contributed by atoms with Gasteiger partial charge in [-0.05, 0) is 42.3 Å². The Bertz CT molecular complexity index is 708. The molecule has 88 valence electrons. The van der Waals surface area contributed by atoms with Gasteiger partial charge in [0, 0.05) is 5.56 Å². The van der Waals surface area contributed by atoms with Crippen LogP contribution in [-0.2, 0) is 4.79 Å². The van der Waals surface area contributed by atoms with Gasteiger partial charge in [-0.3, -0.25) is 0 Å². The van der Waals surface area contributed by atoms with E-state index in [1.165, 1.54) is 0 Å². The normalized spacial score (nSPS) is 9.61. The number of nitriles is 1. The minimum atomic E-state index is 0.538. The second kappa shape index (κ2) is 4.70. The van der Waals surface area contributed by atoms with Crippen molar-refractivity contribution in [1.82, 2.24) is 0 Å². The summed E-state index contributed by atoms with van der Waals surface area (Å²) in [5.41, 5.74) is 2.40. The van der Waals surface area contributed by atoms with Crippen LogP contribution in [0.2, 0.25) is 0 Å². The zero-order valence-corrected chi connectivity index (χ0v) is 10.0. The van der Waals surface area contributed by atoms with Crippen LogP contribution in [0, 0.1) is 25.4 Å². The first-order valence-electron chi connectivity index (χ1n) is 5.35. The van der Waals surface area contributed by atoms with Gasteiger partial charge in [0.1, 0.15) is 5.75 Å². The Morgan fingerprint density at radius 2 is 1.78 bits per heavy atom.